The summed E-state index contributed by atoms with van der Waals surface area (Å²) in [4.78, 5) is 4.64. The van der Waals surface area contributed by atoms with Gasteiger partial charge in [-0.2, -0.15) is 0 Å². The predicted molar refractivity (Wildman–Crippen MR) is 86.9 cm³/mol. The van der Waals surface area contributed by atoms with Gasteiger partial charge in [0.15, 0.2) is 0 Å². The van der Waals surface area contributed by atoms with Gasteiger partial charge < -0.3 is 10.1 Å². The molecule has 3 nitrogen and oxygen atoms in total. The van der Waals surface area contributed by atoms with Crippen LogP contribution in [0.15, 0.2) is 30.4 Å². The van der Waals surface area contributed by atoms with Crippen molar-refractivity contribution in [2.75, 3.05) is 13.2 Å². The lowest BCUT2D eigenvalue weighted by atomic mass is 9.85. The quantitative estimate of drug-likeness (QED) is 0.585. The van der Waals surface area contributed by atoms with E-state index in [1.165, 1.54) is 6.42 Å². The van der Waals surface area contributed by atoms with Crippen molar-refractivity contribution in [3.63, 3.8) is 0 Å². The molecule has 0 bridgehead atoms. The predicted octanol–water partition coefficient (Wildman–Crippen LogP) is 3.70. The molecule has 0 aliphatic heterocycles. The molecule has 1 heterocycles. The van der Waals surface area contributed by atoms with Crippen molar-refractivity contribution in [3.8, 4) is 0 Å². The van der Waals surface area contributed by atoms with Gasteiger partial charge in [-0.1, -0.05) is 32.1 Å². The zero-order valence-electron chi connectivity index (χ0n) is 13.3. The van der Waals surface area contributed by atoms with Crippen LogP contribution in [-0.4, -0.2) is 18.1 Å². The highest BCUT2D eigenvalue weighted by atomic mass is 16.5. The molecule has 2 unspecified atom stereocenters. The van der Waals surface area contributed by atoms with Gasteiger partial charge in [0.2, 0.25) is 0 Å². The molecule has 0 amide bonds. The zero-order valence-corrected chi connectivity index (χ0v) is 13.3. The van der Waals surface area contributed by atoms with Crippen molar-refractivity contribution in [1.82, 2.24) is 10.3 Å². The van der Waals surface area contributed by atoms with Gasteiger partial charge in [0, 0.05) is 6.54 Å². The molecule has 1 aliphatic carbocycles. The molecule has 1 aliphatic rings. The first-order chi connectivity index (χ1) is 10.3. The van der Waals surface area contributed by atoms with Gasteiger partial charge in [-0.15, -0.1) is 0 Å². The SMILES string of the molecule is CCCNCc1cccc(COCC2CC=CCC2C)n1. The monoisotopic (exact) mass is 288 g/mol. The Morgan fingerprint density at radius 3 is 2.86 bits per heavy atom. The van der Waals surface area contributed by atoms with E-state index in [9.17, 15) is 0 Å². The number of rotatable bonds is 8. The first-order valence-corrected chi connectivity index (χ1v) is 8.18. The number of pyridine rings is 1. The van der Waals surface area contributed by atoms with Gasteiger partial charge in [-0.25, -0.2) is 0 Å². The molecular formula is C18H28N2O. The molecular weight excluding hydrogens is 260 g/mol. The average Bonchev–Trinajstić information content (AvgIpc) is 2.50. The molecule has 0 fully saturated rings. The van der Waals surface area contributed by atoms with E-state index in [0.29, 0.717) is 12.5 Å². The number of ether oxygens (including phenoxy) is 1. The van der Waals surface area contributed by atoms with E-state index in [-0.39, 0.29) is 0 Å². The van der Waals surface area contributed by atoms with Crippen molar-refractivity contribution in [2.45, 2.75) is 46.3 Å². The number of nitrogens with zero attached hydrogens (tertiary/aromatic N) is 1. The van der Waals surface area contributed by atoms with E-state index in [2.05, 4.69) is 48.4 Å². The highest BCUT2D eigenvalue weighted by Crippen LogP contribution is 2.25. The summed E-state index contributed by atoms with van der Waals surface area (Å²) < 4.78 is 5.89. The fourth-order valence-electron chi connectivity index (χ4n) is 2.66. The van der Waals surface area contributed by atoms with Crippen LogP contribution in [0.5, 0.6) is 0 Å². The first kappa shape index (κ1) is 16.2. The van der Waals surface area contributed by atoms with Gasteiger partial charge in [-0.3, -0.25) is 4.98 Å². The summed E-state index contributed by atoms with van der Waals surface area (Å²) in [7, 11) is 0. The van der Waals surface area contributed by atoms with Gasteiger partial charge >= 0.3 is 0 Å². The second kappa shape index (κ2) is 8.96. The molecule has 0 saturated heterocycles. The fraction of sp³-hybridized carbons (Fsp3) is 0.611. The van der Waals surface area contributed by atoms with Crippen molar-refractivity contribution < 1.29 is 4.74 Å². The van der Waals surface area contributed by atoms with Crippen LogP contribution in [0, 0.1) is 11.8 Å². The Labute approximate surface area is 128 Å². The van der Waals surface area contributed by atoms with E-state index >= 15 is 0 Å². The largest absolute Gasteiger partial charge is 0.375 e. The third-order valence-corrected chi connectivity index (χ3v) is 4.10. The van der Waals surface area contributed by atoms with Crippen LogP contribution in [0.2, 0.25) is 0 Å². The summed E-state index contributed by atoms with van der Waals surface area (Å²) >= 11 is 0. The first-order valence-electron chi connectivity index (χ1n) is 8.18. The number of aromatic nitrogens is 1. The number of hydrogen-bond acceptors (Lipinski definition) is 3. The maximum atomic E-state index is 5.89. The Hall–Kier alpha value is -1.19. The van der Waals surface area contributed by atoms with E-state index < -0.39 is 0 Å². The molecule has 2 atom stereocenters. The minimum absolute atomic E-state index is 0.620. The van der Waals surface area contributed by atoms with Crippen LogP contribution in [0.1, 0.15) is 44.5 Å². The lowest BCUT2D eigenvalue weighted by Crippen LogP contribution is -2.19. The molecule has 0 radical (unpaired) electrons. The highest BCUT2D eigenvalue weighted by molar-refractivity contribution is 5.10. The molecule has 0 saturated carbocycles. The summed E-state index contributed by atoms with van der Waals surface area (Å²) in [5.74, 6) is 1.39. The summed E-state index contributed by atoms with van der Waals surface area (Å²) in [5, 5.41) is 3.38. The van der Waals surface area contributed by atoms with E-state index in [4.69, 9.17) is 4.74 Å². The van der Waals surface area contributed by atoms with Crippen molar-refractivity contribution in [2.24, 2.45) is 11.8 Å². The maximum absolute atomic E-state index is 5.89. The van der Waals surface area contributed by atoms with Crippen LogP contribution in [0.4, 0.5) is 0 Å². The van der Waals surface area contributed by atoms with Crippen molar-refractivity contribution in [1.29, 1.82) is 0 Å². The second-order valence-electron chi connectivity index (χ2n) is 5.99. The highest BCUT2D eigenvalue weighted by Gasteiger charge is 2.18. The molecule has 3 heteroatoms. The van der Waals surface area contributed by atoms with Crippen molar-refractivity contribution >= 4 is 0 Å². The summed E-state index contributed by atoms with van der Waals surface area (Å²) in [6.45, 7) is 7.82. The maximum Gasteiger partial charge on any atom is 0.0888 e. The Morgan fingerprint density at radius 2 is 2.05 bits per heavy atom. The molecule has 0 spiro atoms. The molecule has 21 heavy (non-hydrogen) atoms. The summed E-state index contributed by atoms with van der Waals surface area (Å²) in [6, 6.07) is 6.19. The number of allylic oxidation sites excluding steroid dienone is 2. The minimum atomic E-state index is 0.620. The fourth-order valence-corrected chi connectivity index (χ4v) is 2.66. The van der Waals surface area contributed by atoms with E-state index in [1.54, 1.807) is 0 Å². The van der Waals surface area contributed by atoms with Gasteiger partial charge in [0.25, 0.3) is 0 Å². The molecule has 116 valence electrons. The van der Waals surface area contributed by atoms with Crippen LogP contribution < -0.4 is 5.32 Å². The van der Waals surface area contributed by atoms with E-state index in [1.807, 2.05) is 6.07 Å². The number of nitrogens with one attached hydrogen (secondary N) is 1. The van der Waals surface area contributed by atoms with Crippen LogP contribution >= 0.6 is 0 Å². The number of hydrogen-bond donors (Lipinski definition) is 1. The Kier molecular flexibility index (Phi) is 6.90. The van der Waals surface area contributed by atoms with Crippen LogP contribution in [0.25, 0.3) is 0 Å². The zero-order chi connectivity index (χ0) is 14.9. The molecule has 2 rings (SSSR count). The van der Waals surface area contributed by atoms with Crippen LogP contribution in [0.3, 0.4) is 0 Å². The lowest BCUT2D eigenvalue weighted by molar-refractivity contribution is 0.0661. The lowest BCUT2D eigenvalue weighted by Gasteiger charge is -2.24. The normalized spacial score (nSPS) is 21.6. The topological polar surface area (TPSA) is 34.1 Å². The molecule has 1 N–H and O–H groups in total. The Morgan fingerprint density at radius 1 is 1.24 bits per heavy atom. The average molecular weight is 288 g/mol. The van der Waals surface area contributed by atoms with Crippen molar-refractivity contribution in [3.05, 3.63) is 41.7 Å². The van der Waals surface area contributed by atoms with Gasteiger partial charge in [0.05, 0.1) is 24.6 Å². The Bertz CT molecular complexity index is 445. The smallest absolute Gasteiger partial charge is 0.0888 e. The molecule has 1 aromatic rings. The minimum Gasteiger partial charge on any atom is -0.375 e. The second-order valence-corrected chi connectivity index (χ2v) is 5.99. The summed E-state index contributed by atoms with van der Waals surface area (Å²) in [6.07, 6.45) is 8.05. The third-order valence-electron chi connectivity index (χ3n) is 4.10. The third kappa shape index (κ3) is 5.60. The van der Waals surface area contributed by atoms with E-state index in [0.717, 1.165) is 49.8 Å². The molecule has 1 aromatic heterocycles. The Balaban J connectivity index is 1.75. The molecule has 0 aromatic carbocycles. The standard InChI is InChI=1S/C18H28N2O/c1-3-11-19-12-17-9-6-10-18(20-17)14-21-13-16-8-5-4-7-15(16)2/h4-6,9-10,15-16,19H,3,7-8,11-14H2,1-2H3. The van der Waals surface area contributed by atoms with Gasteiger partial charge in [0.1, 0.15) is 0 Å². The van der Waals surface area contributed by atoms with Crippen LogP contribution in [-0.2, 0) is 17.9 Å². The summed E-state index contributed by atoms with van der Waals surface area (Å²) in [5.41, 5.74) is 2.13. The van der Waals surface area contributed by atoms with Gasteiger partial charge in [-0.05, 0) is 49.8 Å².